The molecule has 5 rings (SSSR count). The number of rotatable bonds is 8. The van der Waals surface area contributed by atoms with Crippen molar-refractivity contribution in [3.63, 3.8) is 0 Å². The van der Waals surface area contributed by atoms with Crippen LogP contribution in [0.15, 0.2) is 73.1 Å². The molecule has 4 aromatic carbocycles. The van der Waals surface area contributed by atoms with Gasteiger partial charge in [-0.3, -0.25) is 4.57 Å². The van der Waals surface area contributed by atoms with Crippen molar-refractivity contribution in [2.24, 2.45) is 0 Å². The lowest BCUT2D eigenvalue weighted by molar-refractivity contribution is 0.134. The fourth-order valence-electron chi connectivity index (χ4n) is 7.05. The second-order valence-electron chi connectivity index (χ2n) is 12.0. The first-order chi connectivity index (χ1) is 20.1. The van der Waals surface area contributed by atoms with Gasteiger partial charge in [0, 0.05) is 24.6 Å². The predicted molar refractivity (Wildman–Crippen MR) is 180 cm³/mol. The van der Waals surface area contributed by atoms with Crippen LogP contribution >= 0.6 is 0 Å². The average Bonchev–Trinajstić information content (AvgIpc) is 3.39. The van der Waals surface area contributed by atoms with Crippen LogP contribution in [0.3, 0.4) is 0 Å². The summed E-state index contributed by atoms with van der Waals surface area (Å²) in [5, 5.41) is 0. The van der Waals surface area contributed by atoms with E-state index in [9.17, 15) is 0 Å². The molecule has 0 aliphatic heterocycles. The van der Waals surface area contributed by atoms with Crippen LogP contribution in [0.2, 0.25) is 0 Å². The number of imidazole rings is 1. The van der Waals surface area contributed by atoms with Gasteiger partial charge < -0.3 is 4.74 Å². The normalized spacial score (nSPS) is 11.3. The largest absolute Gasteiger partial charge is 0.377 e. The van der Waals surface area contributed by atoms with E-state index in [0.29, 0.717) is 13.2 Å². The van der Waals surface area contributed by atoms with Gasteiger partial charge in [-0.25, -0.2) is 4.98 Å². The lowest BCUT2D eigenvalue weighted by Crippen LogP contribution is -2.55. The Labute approximate surface area is 252 Å². The predicted octanol–water partition coefficient (Wildman–Crippen LogP) is 7.06. The van der Waals surface area contributed by atoms with Crippen LogP contribution < -0.4 is 16.4 Å². The molecule has 4 heteroatoms. The van der Waals surface area contributed by atoms with E-state index in [-0.39, 0.29) is 6.71 Å². The van der Waals surface area contributed by atoms with Crippen molar-refractivity contribution in [1.29, 1.82) is 0 Å². The summed E-state index contributed by atoms with van der Waals surface area (Å²) in [6.45, 7) is 21.3. The van der Waals surface area contributed by atoms with Gasteiger partial charge in [0.15, 0.2) is 0 Å². The standard InChI is InChI=1S/C38H43BN2O/c1-10-42-23-32-20-30(8)37(31(9)21-32)41-15-14-40-38(41)33-12-11-13-34(22-33)39(35-26(4)16-24(2)17-27(35)5)36-28(6)18-25(3)19-29(36)7/h11-22H,10,23H2,1-9H3. The fourth-order valence-corrected chi connectivity index (χ4v) is 7.05. The summed E-state index contributed by atoms with van der Waals surface area (Å²) in [6.07, 6.45) is 3.99. The Morgan fingerprint density at radius 2 is 1.24 bits per heavy atom. The van der Waals surface area contributed by atoms with Crippen LogP contribution in [0.1, 0.15) is 57.0 Å². The summed E-state index contributed by atoms with van der Waals surface area (Å²) in [6, 6.07) is 22.8. The minimum atomic E-state index is 0.121. The molecule has 0 radical (unpaired) electrons. The molecular weight excluding hydrogens is 511 g/mol. The first-order valence-corrected chi connectivity index (χ1v) is 15.1. The van der Waals surface area contributed by atoms with Crippen LogP contribution in [0.5, 0.6) is 0 Å². The van der Waals surface area contributed by atoms with Gasteiger partial charge in [-0.1, -0.05) is 110 Å². The zero-order valence-electron chi connectivity index (χ0n) is 26.7. The molecule has 0 N–H and O–H groups in total. The number of hydrogen-bond acceptors (Lipinski definition) is 2. The van der Waals surface area contributed by atoms with E-state index in [1.165, 1.54) is 72.1 Å². The van der Waals surface area contributed by atoms with Crippen molar-refractivity contribution in [3.05, 3.63) is 123 Å². The number of aromatic nitrogens is 2. The highest BCUT2D eigenvalue weighted by Crippen LogP contribution is 2.27. The first-order valence-electron chi connectivity index (χ1n) is 15.1. The third-order valence-corrected chi connectivity index (χ3v) is 8.44. The van der Waals surface area contributed by atoms with E-state index >= 15 is 0 Å². The van der Waals surface area contributed by atoms with Crippen LogP contribution in [0.4, 0.5) is 0 Å². The highest BCUT2D eigenvalue weighted by molar-refractivity contribution is 6.96. The molecule has 0 aliphatic rings. The van der Waals surface area contributed by atoms with Gasteiger partial charge in [-0.2, -0.15) is 0 Å². The Bertz CT molecular complexity index is 1640. The molecule has 0 bridgehead atoms. The fraction of sp³-hybridized carbons (Fsp3) is 0.289. The summed E-state index contributed by atoms with van der Waals surface area (Å²) in [4.78, 5) is 4.89. The zero-order chi connectivity index (χ0) is 30.1. The second kappa shape index (κ2) is 12.2. The number of hydrogen-bond donors (Lipinski definition) is 0. The summed E-state index contributed by atoms with van der Waals surface area (Å²) < 4.78 is 7.93. The van der Waals surface area contributed by atoms with Gasteiger partial charge in [-0.05, 0) is 79.0 Å². The Hall–Kier alpha value is -3.89. The monoisotopic (exact) mass is 554 g/mol. The number of aryl methyl sites for hydroxylation is 8. The van der Waals surface area contributed by atoms with E-state index in [2.05, 4.69) is 127 Å². The second-order valence-corrected chi connectivity index (χ2v) is 12.0. The van der Waals surface area contributed by atoms with E-state index in [1.807, 2.05) is 13.1 Å². The molecule has 0 fully saturated rings. The molecule has 5 aromatic rings. The van der Waals surface area contributed by atoms with Gasteiger partial charge in [-0.15, -0.1) is 0 Å². The maximum Gasteiger partial charge on any atom is 0.242 e. The maximum absolute atomic E-state index is 5.69. The quantitative estimate of drug-likeness (QED) is 0.192. The summed E-state index contributed by atoms with van der Waals surface area (Å²) >= 11 is 0. The third kappa shape index (κ3) is 5.74. The molecule has 0 saturated carbocycles. The summed E-state index contributed by atoms with van der Waals surface area (Å²) in [7, 11) is 0. The van der Waals surface area contributed by atoms with Crippen molar-refractivity contribution < 1.29 is 4.74 Å². The number of ether oxygens (including phenoxy) is 1. The van der Waals surface area contributed by atoms with Crippen molar-refractivity contribution in [1.82, 2.24) is 9.55 Å². The van der Waals surface area contributed by atoms with Crippen LogP contribution in [0, 0.1) is 55.4 Å². The maximum atomic E-state index is 5.69. The van der Waals surface area contributed by atoms with Gasteiger partial charge >= 0.3 is 0 Å². The zero-order valence-corrected chi connectivity index (χ0v) is 26.7. The highest BCUT2D eigenvalue weighted by Gasteiger charge is 2.29. The van der Waals surface area contributed by atoms with Gasteiger partial charge in [0.2, 0.25) is 6.71 Å². The topological polar surface area (TPSA) is 27.1 Å². The van der Waals surface area contributed by atoms with Crippen LogP contribution in [-0.2, 0) is 11.3 Å². The highest BCUT2D eigenvalue weighted by atomic mass is 16.5. The van der Waals surface area contributed by atoms with Gasteiger partial charge in [0.1, 0.15) is 5.82 Å². The van der Waals surface area contributed by atoms with E-state index in [0.717, 1.165) is 11.4 Å². The Balaban J connectivity index is 1.68. The Kier molecular flexibility index (Phi) is 8.57. The third-order valence-electron chi connectivity index (χ3n) is 8.44. The lowest BCUT2D eigenvalue weighted by atomic mass is 9.34. The Morgan fingerprint density at radius 1 is 0.690 bits per heavy atom. The number of benzene rings is 4. The molecule has 1 aromatic heterocycles. The molecule has 214 valence electrons. The van der Waals surface area contributed by atoms with Crippen molar-refractivity contribution in [3.8, 4) is 17.1 Å². The minimum absolute atomic E-state index is 0.121. The van der Waals surface area contributed by atoms with Crippen molar-refractivity contribution >= 4 is 23.1 Å². The lowest BCUT2D eigenvalue weighted by Gasteiger charge is -2.25. The molecular formula is C38H43BN2O. The molecule has 0 unspecified atom stereocenters. The van der Waals surface area contributed by atoms with Crippen LogP contribution in [-0.4, -0.2) is 22.9 Å². The Morgan fingerprint density at radius 3 is 1.76 bits per heavy atom. The SMILES string of the molecule is CCOCc1cc(C)c(-n2ccnc2-c2cccc(B(c3c(C)cc(C)cc3C)c3c(C)cc(C)cc3C)c2)c(C)c1. The molecule has 1 heterocycles. The molecule has 0 amide bonds. The minimum Gasteiger partial charge on any atom is -0.377 e. The molecule has 3 nitrogen and oxygen atoms in total. The van der Waals surface area contributed by atoms with Gasteiger partial charge in [0.05, 0.1) is 12.3 Å². The van der Waals surface area contributed by atoms with Crippen molar-refractivity contribution in [2.45, 2.75) is 68.9 Å². The van der Waals surface area contributed by atoms with Crippen molar-refractivity contribution in [2.75, 3.05) is 6.61 Å². The molecule has 0 spiro atoms. The first kappa shape index (κ1) is 29.6. The molecule has 0 saturated heterocycles. The molecule has 0 aliphatic carbocycles. The number of nitrogens with zero attached hydrogens (tertiary/aromatic N) is 2. The van der Waals surface area contributed by atoms with Gasteiger partial charge in [0.25, 0.3) is 0 Å². The molecule has 42 heavy (non-hydrogen) atoms. The van der Waals surface area contributed by atoms with E-state index in [4.69, 9.17) is 9.72 Å². The average molecular weight is 555 g/mol. The summed E-state index contributed by atoms with van der Waals surface area (Å²) in [5.74, 6) is 0.953. The van der Waals surface area contributed by atoms with Crippen LogP contribution in [0.25, 0.3) is 17.1 Å². The smallest absolute Gasteiger partial charge is 0.242 e. The molecule has 0 atom stereocenters. The summed E-state index contributed by atoms with van der Waals surface area (Å²) in [5.41, 5.74) is 18.0. The van der Waals surface area contributed by atoms with E-state index in [1.54, 1.807) is 0 Å². The van der Waals surface area contributed by atoms with E-state index < -0.39 is 0 Å².